The van der Waals surface area contributed by atoms with Crippen molar-refractivity contribution in [3.05, 3.63) is 0 Å². The van der Waals surface area contributed by atoms with Crippen molar-refractivity contribution in [1.29, 1.82) is 0 Å². The van der Waals surface area contributed by atoms with E-state index in [1.165, 1.54) is 103 Å². The molecule has 0 atom stereocenters. The Morgan fingerprint density at radius 3 is 1.07 bits per heavy atom. The predicted molar refractivity (Wildman–Crippen MR) is 122 cm³/mol. The maximum atomic E-state index is 10.6. The van der Waals surface area contributed by atoms with Crippen LogP contribution in [0.5, 0.6) is 0 Å². The van der Waals surface area contributed by atoms with Gasteiger partial charge in [-0.2, -0.15) is 0 Å². The molecule has 0 aliphatic heterocycles. The Hall–Kier alpha value is -0.570. The van der Waals surface area contributed by atoms with Gasteiger partial charge in [0.05, 0.1) is 0 Å². The Morgan fingerprint density at radius 2 is 0.852 bits per heavy atom. The van der Waals surface area contributed by atoms with Crippen LogP contribution >= 0.6 is 0 Å². The van der Waals surface area contributed by atoms with E-state index < -0.39 is 0 Å². The Morgan fingerprint density at radius 1 is 0.593 bits per heavy atom. The lowest BCUT2D eigenvalue weighted by atomic mass is 10.0. The molecule has 0 saturated heterocycles. The van der Waals surface area contributed by atoms with E-state index >= 15 is 0 Å². The molecular formula is C24H52N2O. The Labute approximate surface area is 171 Å². The number of primary amides is 1. The van der Waals surface area contributed by atoms with E-state index in [4.69, 9.17) is 5.73 Å². The lowest BCUT2D eigenvalue weighted by molar-refractivity contribution is -0.118. The van der Waals surface area contributed by atoms with Gasteiger partial charge in [-0.05, 0) is 27.1 Å². The Balaban J connectivity index is 0. The van der Waals surface area contributed by atoms with Gasteiger partial charge in [0.2, 0.25) is 5.91 Å². The van der Waals surface area contributed by atoms with Crippen LogP contribution in [0.1, 0.15) is 129 Å². The van der Waals surface area contributed by atoms with E-state index in [-0.39, 0.29) is 5.91 Å². The molecule has 3 heteroatoms. The number of nitrogens with zero attached hydrogens (tertiary/aromatic N) is 1. The molecule has 0 spiro atoms. The van der Waals surface area contributed by atoms with Gasteiger partial charge >= 0.3 is 0 Å². The quantitative estimate of drug-likeness (QED) is 0.242. The smallest absolute Gasteiger partial charge is 0.217 e. The molecule has 0 bridgehead atoms. The first-order valence-electron chi connectivity index (χ1n) is 12.0. The van der Waals surface area contributed by atoms with Crippen molar-refractivity contribution in [3.8, 4) is 0 Å². The summed E-state index contributed by atoms with van der Waals surface area (Å²) in [6, 6.07) is 0. The van der Waals surface area contributed by atoms with Crippen molar-refractivity contribution in [2.45, 2.75) is 129 Å². The largest absolute Gasteiger partial charge is 0.370 e. The van der Waals surface area contributed by atoms with Gasteiger partial charge < -0.3 is 10.6 Å². The van der Waals surface area contributed by atoms with Crippen LogP contribution in [0.25, 0.3) is 0 Å². The van der Waals surface area contributed by atoms with Crippen molar-refractivity contribution in [2.75, 3.05) is 20.6 Å². The molecule has 0 aromatic rings. The molecule has 0 radical (unpaired) electrons. The van der Waals surface area contributed by atoms with Gasteiger partial charge in [-0.15, -0.1) is 0 Å². The molecule has 0 rings (SSSR count). The number of nitrogens with two attached hydrogens (primary N) is 1. The van der Waals surface area contributed by atoms with Crippen LogP contribution in [0, 0.1) is 0 Å². The molecule has 1 amide bonds. The highest BCUT2D eigenvalue weighted by Gasteiger charge is 1.96. The van der Waals surface area contributed by atoms with Gasteiger partial charge in [-0.3, -0.25) is 4.79 Å². The minimum atomic E-state index is -0.152. The summed E-state index contributed by atoms with van der Waals surface area (Å²) in [5.41, 5.74) is 5.12. The molecule has 0 aliphatic carbocycles. The first-order valence-corrected chi connectivity index (χ1v) is 12.0. The fraction of sp³-hybridized carbons (Fsp3) is 0.958. The molecule has 0 saturated carbocycles. The molecule has 2 N–H and O–H groups in total. The summed E-state index contributed by atoms with van der Waals surface area (Å²) < 4.78 is 0. The molecule has 0 heterocycles. The summed E-state index contributed by atoms with van der Waals surface area (Å²) in [6.45, 7) is 5.55. The maximum absolute atomic E-state index is 10.6. The zero-order chi connectivity index (χ0) is 20.6. The summed E-state index contributed by atoms with van der Waals surface area (Å²) in [6.07, 6.45) is 23.8. The van der Waals surface area contributed by atoms with E-state index in [0.29, 0.717) is 6.42 Å². The third-order valence-electron chi connectivity index (χ3n) is 5.16. The van der Waals surface area contributed by atoms with Crippen LogP contribution < -0.4 is 5.73 Å². The first kappa shape index (κ1) is 28.6. The van der Waals surface area contributed by atoms with Crippen molar-refractivity contribution in [2.24, 2.45) is 5.73 Å². The maximum Gasteiger partial charge on any atom is 0.217 e. The van der Waals surface area contributed by atoms with Crippen LogP contribution in [0.2, 0.25) is 0 Å². The SMILES string of the molecule is CCCCCCCCCCCCCCCCCCCC(N)=O.CCN(C)C. The monoisotopic (exact) mass is 384 g/mol. The third-order valence-corrected chi connectivity index (χ3v) is 5.16. The van der Waals surface area contributed by atoms with Crippen LogP contribution in [-0.4, -0.2) is 31.4 Å². The molecule has 164 valence electrons. The van der Waals surface area contributed by atoms with Crippen molar-refractivity contribution >= 4 is 5.91 Å². The number of unbranched alkanes of at least 4 members (excludes halogenated alkanes) is 16. The molecule has 27 heavy (non-hydrogen) atoms. The van der Waals surface area contributed by atoms with E-state index in [1.54, 1.807) is 0 Å². The van der Waals surface area contributed by atoms with Gasteiger partial charge in [0.25, 0.3) is 0 Å². The highest BCUT2D eigenvalue weighted by Crippen LogP contribution is 2.14. The van der Waals surface area contributed by atoms with Gasteiger partial charge in [0, 0.05) is 6.42 Å². The summed E-state index contributed by atoms with van der Waals surface area (Å²) in [5.74, 6) is -0.152. The average molecular weight is 385 g/mol. The summed E-state index contributed by atoms with van der Waals surface area (Å²) >= 11 is 0. The summed E-state index contributed by atoms with van der Waals surface area (Å²) in [4.78, 5) is 12.7. The molecular weight excluding hydrogens is 332 g/mol. The standard InChI is InChI=1S/C20H41NO.C4H11N/c1-2-3-4-5-6-7-8-9-10-11-12-13-14-15-16-17-18-19-20(21)22;1-4-5(2)3/h2-19H2,1H3,(H2,21,22);4H2,1-3H3. The molecule has 0 aliphatic rings. The van der Waals surface area contributed by atoms with Crippen LogP contribution in [0.3, 0.4) is 0 Å². The molecule has 3 nitrogen and oxygen atoms in total. The molecule has 0 aromatic heterocycles. The summed E-state index contributed by atoms with van der Waals surface area (Å²) in [7, 11) is 4.11. The van der Waals surface area contributed by atoms with Gasteiger partial charge in [-0.25, -0.2) is 0 Å². The zero-order valence-electron chi connectivity index (χ0n) is 19.4. The van der Waals surface area contributed by atoms with E-state index in [0.717, 1.165) is 13.0 Å². The van der Waals surface area contributed by atoms with Crippen molar-refractivity contribution in [3.63, 3.8) is 0 Å². The minimum Gasteiger partial charge on any atom is -0.370 e. The van der Waals surface area contributed by atoms with E-state index in [1.807, 2.05) is 0 Å². The minimum absolute atomic E-state index is 0.152. The first-order chi connectivity index (χ1) is 13.0. The average Bonchev–Trinajstić information content (AvgIpc) is 2.64. The second-order valence-corrected chi connectivity index (χ2v) is 8.27. The Kier molecular flexibility index (Phi) is 27.0. The van der Waals surface area contributed by atoms with Gasteiger partial charge in [0.1, 0.15) is 0 Å². The molecule has 0 fully saturated rings. The fourth-order valence-corrected chi connectivity index (χ4v) is 3.02. The fourth-order valence-electron chi connectivity index (χ4n) is 3.02. The van der Waals surface area contributed by atoms with Crippen LogP contribution in [-0.2, 0) is 4.79 Å². The van der Waals surface area contributed by atoms with Gasteiger partial charge in [-0.1, -0.05) is 117 Å². The number of hydrogen-bond donors (Lipinski definition) is 1. The predicted octanol–water partition coefficient (Wildman–Crippen LogP) is 7.08. The van der Waals surface area contributed by atoms with Crippen molar-refractivity contribution < 1.29 is 4.79 Å². The van der Waals surface area contributed by atoms with Gasteiger partial charge in [0.15, 0.2) is 0 Å². The number of amides is 1. The second-order valence-electron chi connectivity index (χ2n) is 8.27. The van der Waals surface area contributed by atoms with E-state index in [2.05, 4.69) is 32.8 Å². The third kappa shape index (κ3) is 33.4. The zero-order valence-corrected chi connectivity index (χ0v) is 19.4. The normalized spacial score (nSPS) is 10.7. The van der Waals surface area contributed by atoms with E-state index in [9.17, 15) is 4.79 Å². The summed E-state index contributed by atoms with van der Waals surface area (Å²) in [5, 5.41) is 0. The lowest BCUT2D eigenvalue weighted by Gasteiger charge is -2.03. The molecule has 0 aromatic carbocycles. The Bertz CT molecular complexity index is 280. The van der Waals surface area contributed by atoms with Crippen molar-refractivity contribution in [1.82, 2.24) is 4.90 Å². The number of carbonyl (C=O) groups is 1. The highest BCUT2D eigenvalue weighted by molar-refractivity contribution is 5.73. The number of rotatable bonds is 19. The highest BCUT2D eigenvalue weighted by atomic mass is 16.1. The van der Waals surface area contributed by atoms with Crippen LogP contribution in [0.4, 0.5) is 0 Å². The lowest BCUT2D eigenvalue weighted by Crippen LogP contribution is -2.09. The second kappa shape index (κ2) is 25.4. The number of carbonyl (C=O) groups excluding carboxylic acids is 1. The molecule has 0 unspecified atom stereocenters. The number of hydrogen-bond acceptors (Lipinski definition) is 2. The topological polar surface area (TPSA) is 46.3 Å². The van der Waals surface area contributed by atoms with Crippen LogP contribution in [0.15, 0.2) is 0 Å².